The van der Waals surface area contributed by atoms with Gasteiger partial charge < -0.3 is 10.1 Å². The number of carbonyl (C=O) groups is 3. The number of para-hydroxylation sites is 1. The molecule has 0 aliphatic carbocycles. The van der Waals surface area contributed by atoms with Crippen molar-refractivity contribution in [2.75, 3.05) is 18.5 Å². The maximum absolute atomic E-state index is 12.6. The maximum Gasteiger partial charge on any atom is 0.262 e. The first-order valence-electron chi connectivity index (χ1n) is 9.14. The van der Waals surface area contributed by atoms with Crippen LogP contribution < -0.4 is 5.32 Å². The summed E-state index contributed by atoms with van der Waals surface area (Å²) in [5.41, 5.74) is 2.63. The summed E-state index contributed by atoms with van der Waals surface area (Å²) in [6, 6.07) is 12.5. The van der Waals surface area contributed by atoms with Gasteiger partial charge in [-0.15, -0.1) is 0 Å². The molecule has 0 saturated heterocycles. The van der Waals surface area contributed by atoms with Crippen LogP contribution in [0.1, 0.15) is 45.7 Å². The molecule has 0 spiro atoms. The van der Waals surface area contributed by atoms with Crippen molar-refractivity contribution >= 4 is 23.4 Å². The molecule has 2 aromatic rings. The van der Waals surface area contributed by atoms with E-state index in [1.54, 1.807) is 38.1 Å². The Balaban J connectivity index is 1.61. The summed E-state index contributed by atoms with van der Waals surface area (Å²) in [4.78, 5) is 38.7. The van der Waals surface area contributed by atoms with Gasteiger partial charge in [0.15, 0.2) is 0 Å². The molecule has 2 aromatic carbocycles. The fourth-order valence-electron chi connectivity index (χ4n) is 3.38. The molecule has 0 saturated carbocycles. The third-order valence-electron chi connectivity index (χ3n) is 4.83. The summed E-state index contributed by atoms with van der Waals surface area (Å²) >= 11 is 0. The van der Waals surface area contributed by atoms with Crippen LogP contribution >= 0.6 is 0 Å². The molecule has 1 heterocycles. The van der Waals surface area contributed by atoms with E-state index in [-0.39, 0.29) is 30.9 Å². The van der Waals surface area contributed by atoms with E-state index in [0.717, 1.165) is 16.8 Å². The molecule has 0 atom stereocenters. The molecule has 0 fully saturated rings. The first kappa shape index (κ1) is 19.8. The van der Waals surface area contributed by atoms with Gasteiger partial charge in [0.25, 0.3) is 11.8 Å². The predicted molar refractivity (Wildman–Crippen MR) is 106 cm³/mol. The van der Waals surface area contributed by atoms with Gasteiger partial charge in [0.2, 0.25) is 5.91 Å². The molecule has 0 bridgehead atoms. The van der Waals surface area contributed by atoms with Gasteiger partial charge in [-0.1, -0.05) is 30.3 Å². The molecule has 6 nitrogen and oxygen atoms in total. The highest BCUT2D eigenvalue weighted by atomic mass is 16.5. The second-order valence-corrected chi connectivity index (χ2v) is 7.61. The molecule has 1 aliphatic rings. The van der Waals surface area contributed by atoms with Crippen LogP contribution in [0.15, 0.2) is 42.5 Å². The van der Waals surface area contributed by atoms with Crippen molar-refractivity contribution in [1.29, 1.82) is 0 Å². The van der Waals surface area contributed by atoms with Gasteiger partial charge >= 0.3 is 0 Å². The molecule has 146 valence electrons. The van der Waals surface area contributed by atoms with Gasteiger partial charge in [0.05, 0.1) is 23.3 Å². The summed E-state index contributed by atoms with van der Waals surface area (Å²) in [6.45, 7) is 7.23. The van der Waals surface area contributed by atoms with E-state index in [4.69, 9.17) is 4.74 Å². The summed E-state index contributed by atoms with van der Waals surface area (Å²) in [5.74, 6) is -0.959. The summed E-state index contributed by atoms with van der Waals surface area (Å²) in [6.07, 6.45) is 0. The number of nitrogens with one attached hydrogen (secondary N) is 1. The van der Waals surface area contributed by atoms with E-state index in [0.29, 0.717) is 11.1 Å². The van der Waals surface area contributed by atoms with Crippen LogP contribution in [0.4, 0.5) is 5.69 Å². The number of fused-ring (bicyclic) bond motifs is 1. The molecule has 0 unspecified atom stereocenters. The quantitative estimate of drug-likeness (QED) is 0.780. The van der Waals surface area contributed by atoms with Crippen molar-refractivity contribution in [3.8, 4) is 0 Å². The SMILES string of the molecule is Cc1cccc(C)c1NC(=O)COCC(C)(C)N1C(=O)c2ccccc2C1=O. The number of benzene rings is 2. The largest absolute Gasteiger partial charge is 0.369 e. The smallest absolute Gasteiger partial charge is 0.262 e. The van der Waals surface area contributed by atoms with Gasteiger partial charge in [-0.05, 0) is 51.0 Å². The van der Waals surface area contributed by atoms with Crippen LogP contribution in [0.2, 0.25) is 0 Å². The Bertz CT molecular complexity index is 894. The minimum atomic E-state index is -0.883. The number of amides is 3. The fraction of sp³-hybridized carbons (Fsp3) is 0.318. The third-order valence-corrected chi connectivity index (χ3v) is 4.83. The second-order valence-electron chi connectivity index (χ2n) is 7.61. The highest BCUT2D eigenvalue weighted by molar-refractivity contribution is 6.21. The highest BCUT2D eigenvalue weighted by Crippen LogP contribution is 2.29. The van der Waals surface area contributed by atoms with E-state index in [1.165, 1.54) is 4.90 Å². The second kappa shape index (κ2) is 7.56. The molecule has 6 heteroatoms. The number of nitrogens with zero attached hydrogens (tertiary/aromatic N) is 1. The van der Waals surface area contributed by atoms with E-state index in [9.17, 15) is 14.4 Å². The number of carbonyl (C=O) groups excluding carboxylic acids is 3. The number of ether oxygens (including phenoxy) is 1. The number of anilines is 1. The van der Waals surface area contributed by atoms with Gasteiger partial charge in [0, 0.05) is 5.69 Å². The van der Waals surface area contributed by atoms with Crippen LogP contribution in [0, 0.1) is 13.8 Å². The van der Waals surface area contributed by atoms with Crippen LogP contribution in [-0.2, 0) is 9.53 Å². The zero-order valence-electron chi connectivity index (χ0n) is 16.5. The molecular formula is C22H24N2O4. The summed E-state index contributed by atoms with van der Waals surface area (Å²) in [7, 11) is 0. The average molecular weight is 380 g/mol. The molecule has 0 aromatic heterocycles. The number of aryl methyl sites for hydroxylation is 2. The van der Waals surface area contributed by atoms with Crippen LogP contribution in [0.25, 0.3) is 0 Å². The third kappa shape index (κ3) is 3.68. The fourth-order valence-corrected chi connectivity index (χ4v) is 3.38. The number of hydrogen-bond donors (Lipinski definition) is 1. The molecule has 28 heavy (non-hydrogen) atoms. The van der Waals surface area contributed by atoms with Crippen LogP contribution in [0.5, 0.6) is 0 Å². The van der Waals surface area contributed by atoms with Crippen molar-refractivity contribution in [2.45, 2.75) is 33.2 Å². The minimum absolute atomic E-state index is 0.0542. The van der Waals surface area contributed by atoms with Gasteiger partial charge in [0.1, 0.15) is 6.61 Å². The Kier molecular flexibility index (Phi) is 5.34. The summed E-state index contributed by atoms with van der Waals surface area (Å²) < 4.78 is 5.56. The first-order valence-corrected chi connectivity index (χ1v) is 9.14. The molecule has 3 rings (SSSR count). The lowest BCUT2D eigenvalue weighted by atomic mass is 10.0. The average Bonchev–Trinajstić information content (AvgIpc) is 2.90. The normalized spacial score (nSPS) is 13.6. The molecule has 3 amide bonds. The van der Waals surface area contributed by atoms with Crippen LogP contribution in [0.3, 0.4) is 0 Å². The Labute approximate surface area is 164 Å². The van der Waals surface area contributed by atoms with Crippen molar-refractivity contribution in [2.24, 2.45) is 0 Å². The van der Waals surface area contributed by atoms with Crippen molar-refractivity contribution in [3.05, 3.63) is 64.7 Å². The van der Waals surface area contributed by atoms with Crippen molar-refractivity contribution in [3.63, 3.8) is 0 Å². The lowest BCUT2D eigenvalue weighted by molar-refractivity contribution is -0.121. The monoisotopic (exact) mass is 380 g/mol. The Hall–Kier alpha value is -2.99. The number of hydrogen-bond acceptors (Lipinski definition) is 4. The molecule has 1 N–H and O–H groups in total. The van der Waals surface area contributed by atoms with E-state index < -0.39 is 5.54 Å². The topological polar surface area (TPSA) is 75.7 Å². The minimum Gasteiger partial charge on any atom is -0.369 e. The van der Waals surface area contributed by atoms with E-state index >= 15 is 0 Å². The summed E-state index contributed by atoms with van der Waals surface area (Å²) in [5, 5.41) is 2.85. The molecule has 1 aliphatic heterocycles. The van der Waals surface area contributed by atoms with E-state index in [2.05, 4.69) is 5.32 Å². The highest BCUT2D eigenvalue weighted by Gasteiger charge is 2.44. The van der Waals surface area contributed by atoms with E-state index in [1.807, 2.05) is 32.0 Å². The zero-order valence-corrected chi connectivity index (χ0v) is 16.5. The number of imide groups is 1. The predicted octanol–water partition coefficient (Wildman–Crippen LogP) is 3.33. The Morgan fingerprint density at radius 3 is 2.04 bits per heavy atom. The van der Waals surface area contributed by atoms with Crippen LogP contribution in [-0.4, -0.2) is 41.4 Å². The van der Waals surface area contributed by atoms with Gasteiger partial charge in [-0.2, -0.15) is 0 Å². The molecule has 0 radical (unpaired) electrons. The standard InChI is InChI=1S/C22H24N2O4/c1-14-8-7-9-15(2)19(14)23-18(25)12-28-13-22(3,4)24-20(26)16-10-5-6-11-17(16)21(24)27/h5-11H,12-13H2,1-4H3,(H,23,25). The van der Waals surface area contributed by atoms with Crippen molar-refractivity contribution in [1.82, 2.24) is 4.90 Å². The Morgan fingerprint density at radius 1 is 0.964 bits per heavy atom. The lowest BCUT2D eigenvalue weighted by Gasteiger charge is -2.33. The lowest BCUT2D eigenvalue weighted by Crippen LogP contribution is -2.50. The van der Waals surface area contributed by atoms with Crippen molar-refractivity contribution < 1.29 is 19.1 Å². The van der Waals surface area contributed by atoms with Gasteiger partial charge in [-0.25, -0.2) is 0 Å². The Morgan fingerprint density at radius 2 is 1.50 bits per heavy atom. The maximum atomic E-state index is 12.6. The number of rotatable bonds is 6. The van der Waals surface area contributed by atoms with Gasteiger partial charge in [-0.3, -0.25) is 19.3 Å². The first-order chi connectivity index (χ1) is 13.2. The molecular weight excluding hydrogens is 356 g/mol. The zero-order chi connectivity index (χ0) is 20.5.